The minimum absolute atomic E-state index is 0. The van der Waals surface area contributed by atoms with E-state index in [2.05, 4.69) is 4.52 Å². The molecule has 0 aliphatic carbocycles. The van der Waals surface area contributed by atoms with Crippen molar-refractivity contribution >= 4 is 40.6 Å². The predicted molar refractivity (Wildman–Crippen MR) is 58.7 cm³/mol. The third-order valence-electron chi connectivity index (χ3n) is 1.49. The molecule has 0 aliphatic rings. The van der Waals surface area contributed by atoms with Gasteiger partial charge in [0.15, 0.2) is 0 Å². The molecule has 1 aromatic carbocycles. The maximum absolute atomic E-state index is 10.8. The summed E-state index contributed by atoms with van der Waals surface area (Å²) in [5, 5.41) is 0. The summed E-state index contributed by atoms with van der Waals surface area (Å²) in [4.78, 5) is 0. The van der Waals surface area contributed by atoms with Crippen LogP contribution >= 0.6 is 28.6 Å². The molecule has 0 aliphatic heterocycles. The summed E-state index contributed by atoms with van der Waals surface area (Å²) < 4.78 is 17.1. The van der Waals surface area contributed by atoms with Crippen LogP contribution in [0, 0.1) is 0 Å². The van der Waals surface area contributed by atoms with Crippen LogP contribution in [0.3, 0.4) is 0 Å². The van der Waals surface area contributed by atoms with Crippen molar-refractivity contribution in [1.82, 2.24) is 0 Å². The molecule has 0 spiro atoms. The number of hydrogen-bond donors (Lipinski definition) is 0. The number of benzene rings is 1. The van der Waals surface area contributed by atoms with E-state index in [-0.39, 0.29) is 12.4 Å². The Morgan fingerprint density at radius 3 is 2.33 bits per heavy atom. The molecule has 0 saturated carbocycles. The molecule has 0 aromatic heterocycles. The average molecular weight is 288 g/mol. The first-order valence-corrected chi connectivity index (χ1v) is 7.21. The molecule has 1 aromatic rings. The molecule has 84 valence electrons. The second-order valence-corrected chi connectivity index (χ2v) is 6.80. The van der Waals surface area contributed by atoms with Gasteiger partial charge >= 0.3 is 12.5 Å². The zero-order valence-corrected chi connectivity index (χ0v) is 11.0. The number of hydrogen-bond acceptors (Lipinski definition) is 2. The van der Waals surface area contributed by atoms with E-state index in [1.54, 1.807) is 11.6 Å². The van der Waals surface area contributed by atoms with Gasteiger partial charge in [-0.25, -0.2) is 4.57 Å². The maximum Gasteiger partial charge on any atom is 0.431 e. The van der Waals surface area contributed by atoms with Crippen molar-refractivity contribution in [2.24, 2.45) is 0 Å². The maximum atomic E-state index is 10.8. The van der Waals surface area contributed by atoms with Crippen molar-refractivity contribution in [1.29, 1.82) is 0 Å². The van der Waals surface area contributed by atoms with Crippen LogP contribution in [0.15, 0.2) is 30.3 Å². The largest absolute Gasteiger partial charge is 1.00 e. The Kier molecular flexibility index (Phi) is 6.30. The van der Waals surface area contributed by atoms with Crippen molar-refractivity contribution < 1.29 is 26.1 Å². The molecule has 15 heavy (non-hydrogen) atoms. The standard InChI is InChI=1S/C8H9Cl2NO2P.ClH/c1-11(7-13-14(9,10)12)8-5-3-2-4-6-8;/h2-7H,1H3;1H/q+1;/p-1. The Labute approximate surface area is 104 Å². The van der Waals surface area contributed by atoms with Crippen molar-refractivity contribution in [3.8, 4) is 0 Å². The van der Waals surface area contributed by atoms with E-state index in [9.17, 15) is 4.57 Å². The van der Waals surface area contributed by atoms with E-state index in [4.69, 9.17) is 22.5 Å². The topological polar surface area (TPSA) is 29.3 Å². The average Bonchev–Trinajstić information content (AvgIpc) is 2.14. The normalized spacial score (nSPS) is 11.8. The van der Waals surface area contributed by atoms with Crippen molar-refractivity contribution in [2.45, 2.75) is 0 Å². The first-order chi connectivity index (χ1) is 6.49. The van der Waals surface area contributed by atoms with Crippen molar-refractivity contribution in [3.63, 3.8) is 0 Å². The second kappa shape index (κ2) is 6.39. The van der Waals surface area contributed by atoms with E-state index in [0.29, 0.717) is 0 Å². The van der Waals surface area contributed by atoms with Crippen LogP contribution < -0.4 is 12.4 Å². The third kappa shape index (κ3) is 6.06. The van der Waals surface area contributed by atoms with E-state index in [0.717, 1.165) is 5.69 Å². The summed E-state index contributed by atoms with van der Waals surface area (Å²) in [6, 6.07) is 9.38. The van der Waals surface area contributed by atoms with Crippen LogP contribution in [0.25, 0.3) is 0 Å². The monoisotopic (exact) mass is 287 g/mol. The third-order valence-corrected chi connectivity index (χ3v) is 2.31. The Bertz CT molecular complexity index is 377. The number of rotatable bonds is 3. The fourth-order valence-electron chi connectivity index (χ4n) is 0.850. The summed E-state index contributed by atoms with van der Waals surface area (Å²) in [5.41, 5.74) is 0.884. The van der Waals surface area contributed by atoms with Gasteiger partial charge in [0.1, 0.15) is 7.05 Å². The molecular formula is C8H9Cl3NO2P. The minimum atomic E-state index is -3.49. The molecule has 0 amide bonds. The molecule has 3 nitrogen and oxygen atoms in total. The lowest BCUT2D eigenvalue weighted by molar-refractivity contribution is -0.407. The molecule has 0 radical (unpaired) electrons. The van der Waals surface area contributed by atoms with Crippen LogP contribution in [0.1, 0.15) is 0 Å². The van der Waals surface area contributed by atoms with Gasteiger partial charge in [-0.15, -0.1) is 0 Å². The van der Waals surface area contributed by atoms with Gasteiger partial charge in [-0.3, -0.25) is 0 Å². The highest BCUT2D eigenvalue weighted by Gasteiger charge is 2.15. The quantitative estimate of drug-likeness (QED) is 0.353. The Balaban J connectivity index is 0.00000196. The van der Waals surface area contributed by atoms with Gasteiger partial charge in [-0.05, 0) is 0 Å². The molecule has 0 fully saturated rings. The van der Waals surface area contributed by atoms with E-state index < -0.39 is 6.07 Å². The van der Waals surface area contributed by atoms with Gasteiger partial charge in [0, 0.05) is 34.6 Å². The Morgan fingerprint density at radius 2 is 1.87 bits per heavy atom. The molecule has 7 heteroatoms. The van der Waals surface area contributed by atoms with Crippen molar-refractivity contribution in [3.05, 3.63) is 30.3 Å². The fraction of sp³-hybridized carbons (Fsp3) is 0.125. The lowest BCUT2D eigenvalue weighted by atomic mass is 10.3. The smallest absolute Gasteiger partial charge is 0.431 e. The Hall–Kier alpha value is -0.210. The molecule has 0 unspecified atom stereocenters. The summed E-state index contributed by atoms with van der Waals surface area (Å²) in [6.07, 6.45) is -2.27. The van der Waals surface area contributed by atoms with Crippen LogP contribution in [0.4, 0.5) is 5.69 Å². The van der Waals surface area contributed by atoms with E-state index >= 15 is 0 Å². The number of nitrogens with zero attached hydrogens (tertiary/aromatic N) is 1. The van der Waals surface area contributed by atoms with Gasteiger partial charge < -0.3 is 16.9 Å². The highest BCUT2D eigenvalue weighted by atomic mass is 35.9. The van der Waals surface area contributed by atoms with Gasteiger partial charge in [-0.2, -0.15) is 4.58 Å². The molecular weight excluding hydrogens is 279 g/mol. The molecule has 0 N–H and O–H groups in total. The second-order valence-electron chi connectivity index (χ2n) is 2.57. The molecule has 0 heterocycles. The van der Waals surface area contributed by atoms with Gasteiger partial charge in [0.05, 0.1) is 0 Å². The summed E-state index contributed by atoms with van der Waals surface area (Å²) >= 11 is 10.4. The van der Waals surface area contributed by atoms with Gasteiger partial charge in [-0.1, -0.05) is 18.2 Å². The first kappa shape index (κ1) is 14.8. The minimum Gasteiger partial charge on any atom is -1.00 e. The van der Waals surface area contributed by atoms with Crippen LogP contribution in [-0.4, -0.2) is 18.0 Å². The van der Waals surface area contributed by atoms with Gasteiger partial charge in [0.2, 0.25) is 5.69 Å². The molecule has 0 bridgehead atoms. The Morgan fingerprint density at radius 1 is 1.33 bits per heavy atom. The van der Waals surface area contributed by atoms with E-state index in [1.165, 1.54) is 6.40 Å². The SMILES string of the molecule is C[N+](=COP(=O)(Cl)Cl)c1ccccc1.[Cl-]. The first-order valence-electron chi connectivity index (χ1n) is 3.78. The highest BCUT2D eigenvalue weighted by Crippen LogP contribution is 2.56. The summed E-state index contributed by atoms with van der Waals surface area (Å²) in [7, 11) is 1.73. The zero-order valence-electron chi connectivity index (χ0n) is 7.81. The predicted octanol–water partition coefficient (Wildman–Crippen LogP) is 0.595. The van der Waals surface area contributed by atoms with E-state index in [1.807, 2.05) is 30.3 Å². The van der Waals surface area contributed by atoms with Gasteiger partial charge in [0.25, 0.3) is 0 Å². The van der Waals surface area contributed by atoms with Crippen LogP contribution in [0.2, 0.25) is 0 Å². The summed E-state index contributed by atoms with van der Waals surface area (Å²) in [6.45, 7) is 0. The lowest BCUT2D eigenvalue weighted by Crippen LogP contribution is -3.00. The van der Waals surface area contributed by atoms with Crippen LogP contribution in [0.5, 0.6) is 0 Å². The molecule has 1 rings (SSSR count). The molecule has 0 atom stereocenters. The molecule has 0 saturated heterocycles. The zero-order chi connectivity index (χ0) is 10.6. The van der Waals surface area contributed by atoms with Crippen molar-refractivity contribution in [2.75, 3.05) is 7.05 Å². The fourth-order valence-corrected chi connectivity index (χ4v) is 1.31. The highest BCUT2D eigenvalue weighted by molar-refractivity contribution is 8.05. The number of halogens is 3. The summed E-state index contributed by atoms with van der Waals surface area (Å²) in [5.74, 6) is 0. The lowest BCUT2D eigenvalue weighted by Gasteiger charge is -1.98. The van der Waals surface area contributed by atoms with Crippen LogP contribution in [-0.2, 0) is 9.09 Å². The number of para-hydroxylation sites is 1.